The summed E-state index contributed by atoms with van der Waals surface area (Å²) in [6, 6.07) is 6.26. The van der Waals surface area contributed by atoms with Gasteiger partial charge in [-0.2, -0.15) is 0 Å². The number of nitrogens with two attached hydrogens (primary N) is 1. The number of rotatable bonds is 4. The van der Waals surface area contributed by atoms with Crippen LogP contribution in [0.15, 0.2) is 22.4 Å². The largest absolute Gasteiger partial charge is 0.492 e. The summed E-state index contributed by atoms with van der Waals surface area (Å²) in [6.07, 6.45) is 3.11. The molecule has 3 heterocycles. The molecular formula is C26H32N2O3S2. The van der Waals surface area contributed by atoms with Gasteiger partial charge in [-0.1, -0.05) is 32.9 Å². The van der Waals surface area contributed by atoms with Crippen LogP contribution in [0.2, 0.25) is 0 Å². The molecule has 176 valence electrons. The molecule has 0 bridgehead atoms. The number of ether oxygens (including phenoxy) is 1. The third-order valence-corrected chi connectivity index (χ3v) is 9.75. The van der Waals surface area contributed by atoms with E-state index in [-0.39, 0.29) is 22.5 Å². The number of carbonyl (C=O) groups excluding carboxylic acids is 2. The van der Waals surface area contributed by atoms with Crippen LogP contribution < -0.4 is 10.5 Å². The molecule has 1 aromatic carbocycles. The molecule has 2 aliphatic heterocycles. The van der Waals surface area contributed by atoms with Crippen molar-refractivity contribution in [2.24, 2.45) is 11.1 Å². The number of thiophene rings is 1. The standard InChI is InChI=1S/C26H32N2O3S2/c1-4-32-24-21-17(12-25(2,3)13-19(21)29)22(33-24)23(30)28-9-7-26(8-10-28)15-31-20-6-5-16(14-27)11-18(20)26/h5-6,11H,4,7-10,12-15,27H2,1-3H3. The smallest absolute Gasteiger partial charge is 0.264 e. The monoisotopic (exact) mass is 484 g/mol. The number of amides is 1. The molecular weight excluding hydrogens is 452 g/mol. The second-order valence-corrected chi connectivity index (χ2v) is 12.9. The highest BCUT2D eigenvalue weighted by atomic mass is 32.2. The van der Waals surface area contributed by atoms with E-state index in [0.717, 1.165) is 56.5 Å². The van der Waals surface area contributed by atoms with Crippen molar-refractivity contribution in [3.63, 3.8) is 0 Å². The molecule has 7 heteroatoms. The molecule has 1 spiro atoms. The van der Waals surface area contributed by atoms with E-state index >= 15 is 0 Å². The molecule has 1 aliphatic carbocycles. The van der Waals surface area contributed by atoms with Crippen molar-refractivity contribution in [1.82, 2.24) is 4.90 Å². The van der Waals surface area contributed by atoms with Crippen molar-refractivity contribution in [1.29, 1.82) is 0 Å². The topological polar surface area (TPSA) is 72.6 Å². The van der Waals surface area contributed by atoms with Crippen LogP contribution in [-0.4, -0.2) is 42.0 Å². The van der Waals surface area contributed by atoms with E-state index in [1.54, 1.807) is 11.8 Å². The lowest BCUT2D eigenvalue weighted by Crippen LogP contribution is -2.46. The van der Waals surface area contributed by atoms with Crippen LogP contribution in [0.3, 0.4) is 0 Å². The number of hydrogen-bond acceptors (Lipinski definition) is 6. The fourth-order valence-electron chi connectivity index (χ4n) is 5.60. The maximum atomic E-state index is 13.7. The number of thioether (sulfide) groups is 1. The van der Waals surface area contributed by atoms with Gasteiger partial charge in [0.1, 0.15) is 5.75 Å². The van der Waals surface area contributed by atoms with Crippen LogP contribution in [0.1, 0.15) is 76.8 Å². The fraction of sp³-hybridized carbons (Fsp3) is 0.538. The number of fused-ring (bicyclic) bond motifs is 3. The van der Waals surface area contributed by atoms with Gasteiger partial charge in [0.15, 0.2) is 5.78 Å². The first-order valence-corrected chi connectivity index (χ1v) is 13.6. The Morgan fingerprint density at radius 3 is 2.70 bits per heavy atom. The molecule has 5 nitrogen and oxygen atoms in total. The molecule has 1 amide bonds. The van der Waals surface area contributed by atoms with Gasteiger partial charge in [0.05, 0.1) is 15.7 Å². The van der Waals surface area contributed by atoms with Gasteiger partial charge >= 0.3 is 0 Å². The van der Waals surface area contributed by atoms with E-state index < -0.39 is 0 Å². The second-order valence-electron chi connectivity index (χ2n) is 10.3. The highest BCUT2D eigenvalue weighted by Gasteiger charge is 2.45. The predicted octanol–water partition coefficient (Wildman–Crippen LogP) is 5.04. The number of piperidine rings is 1. The number of ketones is 1. The van der Waals surface area contributed by atoms with Crippen molar-refractivity contribution >= 4 is 34.8 Å². The van der Waals surface area contributed by atoms with Crippen LogP contribution in [0.25, 0.3) is 0 Å². The second kappa shape index (κ2) is 8.43. The molecule has 1 saturated heterocycles. The Morgan fingerprint density at radius 2 is 2.00 bits per heavy atom. The lowest BCUT2D eigenvalue weighted by atomic mass is 9.73. The van der Waals surface area contributed by atoms with Crippen LogP contribution >= 0.6 is 23.1 Å². The van der Waals surface area contributed by atoms with Crippen molar-refractivity contribution in [3.8, 4) is 5.75 Å². The number of hydrogen-bond donors (Lipinski definition) is 1. The minimum absolute atomic E-state index is 0.0344. The average molecular weight is 485 g/mol. The van der Waals surface area contributed by atoms with Gasteiger partial charge in [0.2, 0.25) is 0 Å². The minimum Gasteiger partial charge on any atom is -0.492 e. The lowest BCUT2D eigenvalue weighted by molar-refractivity contribution is 0.0649. The number of benzene rings is 1. The Bertz CT molecular complexity index is 1110. The van der Waals surface area contributed by atoms with Gasteiger partial charge < -0.3 is 15.4 Å². The molecule has 0 radical (unpaired) electrons. The molecule has 1 aromatic heterocycles. The molecule has 33 heavy (non-hydrogen) atoms. The third kappa shape index (κ3) is 3.92. The summed E-state index contributed by atoms with van der Waals surface area (Å²) in [5, 5.41) is 0. The zero-order valence-electron chi connectivity index (χ0n) is 19.7. The van der Waals surface area contributed by atoms with Gasteiger partial charge in [0, 0.05) is 42.6 Å². The van der Waals surface area contributed by atoms with Crippen LogP contribution in [0, 0.1) is 5.41 Å². The first kappa shape index (κ1) is 22.9. The highest BCUT2D eigenvalue weighted by Crippen LogP contribution is 2.48. The first-order chi connectivity index (χ1) is 15.8. The van der Waals surface area contributed by atoms with Gasteiger partial charge in [-0.3, -0.25) is 9.59 Å². The number of carbonyl (C=O) groups is 2. The Morgan fingerprint density at radius 1 is 1.24 bits per heavy atom. The van der Waals surface area contributed by atoms with E-state index in [4.69, 9.17) is 10.5 Å². The SMILES string of the molecule is CCSc1sc(C(=O)N2CCC3(CC2)COc2ccc(CN)cc23)c2c1C(=O)CC(C)(C)C2. The van der Waals surface area contributed by atoms with Gasteiger partial charge in [-0.25, -0.2) is 0 Å². The fourth-order valence-corrected chi connectivity index (χ4v) is 8.12. The van der Waals surface area contributed by atoms with Crippen LogP contribution in [0.4, 0.5) is 0 Å². The van der Waals surface area contributed by atoms with Crippen molar-refractivity contribution in [2.45, 2.75) is 62.6 Å². The highest BCUT2D eigenvalue weighted by molar-refractivity contribution is 8.01. The number of likely N-dealkylation sites (tertiary alicyclic amines) is 1. The van der Waals surface area contributed by atoms with Crippen molar-refractivity contribution < 1.29 is 14.3 Å². The Labute approximate surface area is 204 Å². The quantitative estimate of drug-likeness (QED) is 0.616. The third-order valence-electron chi connectivity index (χ3n) is 7.38. The normalized spacial score (nSPS) is 20.5. The maximum Gasteiger partial charge on any atom is 0.264 e. The summed E-state index contributed by atoms with van der Waals surface area (Å²) in [5.74, 6) is 2.14. The van der Waals surface area contributed by atoms with E-state index in [1.807, 2.05) is 17.0 Å². The zero-order chi connectivity index (χ0) is 23.4. The van der Waals surface area contributed by atoms with Gasteiger partial charge in [-0.05, 0) is 47.6 Å². The molecule has 2 aromatic rings. The lowest BCUT2D eigenvalue weighted by Gasteiger charge is -2.39. The summed E-state index contributed by atoms with van der Waals surface area (Å²) >= 11 is 3.23. The predicted molar refractivity (Wildman–Crippen MR) is 134 cm³/mol. The average Bonchev–Trinajstić information content (AvgIpc) is 3.32. The van der Waals surface area contributed by atoms with Crippen molar-refractivity contribution in [3.05, 3.63) is 45.3 Å². The molecule has 3 aliphatic rings. The number of nitrogens with zero attached hydrogens (tertiary/aromatic N) is 1. The summed E-state index contributed by atoms with van der Waals surface area (Å²) in [4.78, 5) is 29.5. The van der Waals surface area contributed by atoms with E-state index in [0.29, 0.717) is 32.7 Å². The van der Waals surface area contributed by atoms with Crippen LogP contribution in [-0.2, 0) is 18.4 Å². The minimum atomic E-state index is -0.105. The summed E-state index contributed by atoms with van der Waals surface area (Å²) in [6.45, 7) is 8.95. The Kier molecular flexibility index (Phi) is 5.86. The zero-order valence-corrected chi connectivity index (χ0v) is 21.3. The number of Topliss-reactive ketones (excluding diaryl/α,β-unsaturated/α-hetero) is 1. The molecule has 0 atom stereocenters. The molecule has 0 unspecified atom stereocenters. The summed E-state index contributed by atoms with van der Waals surface area (Å²) in [5.41, 5.74) is 9.93. The van der Waals surface area contributed by atoms with E-state index in [2.05, 4.69) is 26.8 Å². The molecule has 5 rings (SSSR count). The van der Waals surface area contributed by atoms with Gasteiger partial charge in [-0.15, -0.1) is 23.1 Å². The molecule has 0 saturated carbocycles. The van der Waals surface area contributed by atoms with Crippen molar-refractivity contribution in [2.75, 3.05) is 25.4 Å². The summed E-state index contributed by atoms with van der Waals surface area (Å²) in [7, 11) is 0. The summed E-state index contributed by atoms with van der Waals surface area (Å²) < 4.78 is 7.05. The Balaban J connectivity index is 1.40. The van der Waals surface area contributed by atoms with E-state index in [9.17, 15) is 9.59 Å². The molecule has 2 N–H and O–H groups in total. The first-order valence-electron chi connectivity index (χ1n) is 11.8. The maximum absolute atomic E-state index is 13.7. The van der Waals surface area contributed by atoms with Gasteiger partial charge in [0.25, 0.3) is 5.91 Å². The van der Waals surface area contributed by atoms with Crippen LogP contribution in [0.5, 0.6) is 5.75 Å². The van der Waals surface area contributed by atoms with E-state index in [1.165, 1.54) is 16.9 Å². The Hall–Kier alpha value is -1.83. The molecule has 1 fully saturated rings.